The molecule has 1 aromatic carbocycles. The average Bonchev–Trinajstić information content (AvgIpc) is 2.89. The molecule has 29 heavy (non-hydrogen) atoms. The molecule has 9 heteroatoms. The van der Waals surface area contributed by atoms with E-state index in [4.69, 9.17) is 5.73 Å². The van der Waals surface area contributed by atoms with E-state index in [-0.39, 0.29) is 21.3 Å². The second-order valence-corrected chi connectivity index (χ2v) is 8.18. The fourth-order valence-electron chi connectivity index (χ4n) is 3.54. The Balaban J connectivity index is 1.44. The summed E-state index contributed by atoms with van der Waals surface area (Å²) >= 11 is 0.878. The lowest BCUT2D eigenvalue weighted by atomic mass is 9.92. The number of rotatable bonds is 5. The molecule has 3 heterocycles. The summed E-state index contributed by atoms with van der Waals surface area (Å²) in [6.45, 7) is 2.03. The van der Waals surface area contributed by atoms with E-state index in [1.54, 1.807) is 6.20 Å². The molecule has 1 atom stereocenters. The summed E-state index contributed by atoms with van der Waals surface area (Å²) in [5, 5.41) is 6.30. The second kappa shape index (κ2) is 8.38. The first-order valence-electron chi connectivity index (χ1n) is 9.53. The normalized spacial score (nSPS) is 19.0. The first-order chi connectivity index (χ1) is 14.0. The molecule has 1 aromatic heterocycles. The number of carbonyl (C=O) groups excluding carboxylic acids is 1. The van der Waals surface area contributed by atoms with Crippen LogP contribution in [-0.2, 0) is 0 Å². The number of benzene rings is 1. The van der Waals surface area contributed by atoms with Gasteiger partial charge >= 0.3 is 0 Å². The Morgan fingerprint density at radius 1 is 1.28 bits per heavy atom. The molecular formula is C20H21F2N5OS. The van der Waals surface area contributed by atoms with Gasteiger partial charge in [0, 0.05) is 0 Å². The van der Waals surface area contributed by atoms with Crippen molar-refractivity contribution in [3.8, 4) is 10.6 Å². The predicted molar refractivity (Wildman–Crippen MR) is 110 cm³/mol. The predicted octanol–water partition coefficient (Wildman–Crippen LogP) is 3.48. The topological polar surface area (TPSA) is 92.4 Å². The number of aromatic nitrogens is 1. The second-order valence-electron chi connectivity index (χ2n) is 7.15. The number of nitrogens with one attached hydrogen (secondary N) is 2. The van der Waals surface area contributed by atoms with Crippen molar-refractivity contribution in [2.45, 2.75) is 25.7 Å². The van der Waals surface area contributed by atoms with E-state index in [9.17, 15) is 13.6 Å². The number of thiazole rings is 1. The number of nitrogens with two attached hydrogens (primary N) is 1. The van der Waals surface area contributed by atoms with Crippen molar-refractivity contribution in [2.24, 2.45) is 10.9 Å². The molecule has 2 aliphatic heterocycles. The van der Waals surface area contributed by atoms with Gasteiger partial charge in [-0.2, -0.15) is 0 Å². The Bertz CT molecular complexity index is 973. The minimum Gasteiger partial charge on any atom is -0.389 e. The smallest absolute Gasteiger partial charge is 0.277 e. The Labute approximate surface area is 170 Å². The lowest BCUT2D eigenvalue weighted by Crippen LogP contribution is -2.32. The number of amides is 1. The van der Waals surface area contributed by atoms with Gasteiger partial charge in [0.2, 0.25) is 0 Å². The fourth-order valence-corrected chi connectivity index (χ4v) is 4.42. The molecule has 0 aliphatic carbocycles. The third-order valence-corrected chi connectivity index (χ3v) is 6.03. The van der Waals surface area contributed by atoms with Crippen LogP contribution < -0.4 is 16.4 Å². The molecule has 0 saturated carbocycles. The summed E-state index contributed by atoms with van der Waals surface area (Å²) in [5.74, 6) is -1.48. The Morgan fingerprint density at radius 3 is 2.79 bits per heavy atom. The molecular weight excluding hydrogens is 396 g/mol. The largest absolute Gasteiger partial charge is 0.389 e. The maximum absolute atomic E-state index is 14.0. The van der Waals surface area contributed by atoms with E-state index in [1.807, 2.05) is 0 Å². The van der Waals surface area contributed by atoms with Crippen LogP contribution in [0.3, 0.4) is 0 Å². The zero-order valence-corrected chi connectivity index (χ0v) is 16.5. The van der Waals surface area contributed by atoms with E-state index in [0.29, 0.717) is 11.6 Å². The highest BCUT2D eigenvalue weighted by Crippen LogP contribution is 2.33. The van der Waals surface area contributed by atoms with Crippen molar-refractivity contribution in [1.82, 2.24) is 15.6 Å². The maximum atomic E-state index is 14.0. The summed E-state index contributed by atoms with van der Waals surface area (Å²) in [7, 11) is 0. The molecule has 1 fully saturated rings. The van der Waals surface area contributed by atoms with Gasteiger partial charge in [-0.15, -0.1) is 0 Å². The van der Waals surface area contributed by atoms with Gasteiger partial charge in [0.15, 0.2) is 5.69 Å². The highest BCUT2D eigenvalue weighted by molar-refractivity contribution is 7.19. The number of hydrogen-bond donors (Lipinski definition) is 3. The third-order valence-electron chi connectivity index (χ3n) is 5.13. The van der Waals surface area contributed by atoms with Gasteiger partial charge in [-0.3, -0.25) is 9.79 Å². The van der Waals surface area contributed by atoms with Crippen LogP contribution in [0, 0.1) is 17.6 Å². The van der Waals surface area contributed by atoms with Crippen molar-refractivity contribution in [3.05, 3.63) is 47.4 Å². The van der Waals surface area contributed by atoms with Crippen LogP contribution in [0.25, 0.3) is 10.6 Å². The lowest BCUT2D eigenvalue weighted by Gasteiger charge is -2.21. The zero-order chi connectivity index (χ0) is 20.4. The van der Waals surface area contributed by atoms with Crippen LogP contribution in [0.15, 0.2) is 35.1 Å². The lowest BCUT2D eigenvalue weighted by molar-refractivity contribution is 0.0964. The fraction of sp³-hybridized carbons (Fsp3) is 0.350. The van der Waals surface area contributed by atoms with Gasteiger partial charge in [0.05, 0.1) is 23.2 Å². The molecule has 0 spiro atoms. The molecule has 152 valence electrons. The SMILES string of the molecule is Nc1sc(-c2c(F)cccc2F)nc1C(=O)NC1=CN=C1CC1CCCNCC1. The van der Waals surface area contributed by atoms with Crippen LogP contribution >= 0.6 is 11.3 Å². The molecule has 1 unspecified atom stereocenters. The number of anilines is 1. The molecule has 1 saturated heterocycles. The zero-order valence-electron chi connectivity index (χ0n) is 15.7. The van der Waals surface area contributed by atoms with E-state index < -0.39 is 17.5 Å². The van der Waals surface area contributed by atoms with E-state index in [2.05, 4.69) is 20.6 Å². The molecule has 0 bridgehead atoms. The monoisotopic (exact) mass is 417 g/mol. The van der Waals surface area contributed by atoms with Gasteiger partial charge in [-0.05, 0) is 56.8 Å². The minimum absolute atomic E-state index is 0.0330. The van der Waals surface area contributed by atoms with E-state index in [0.717, 1.165) is 68.0 Å². The Morgan fingerprint density at radius 2 is 2.07 bits per heavy atom. The maximum Gasteiger partial charge on any atom is 0.277 e. The first-order valence-corrected chi connectivity index (χ1v) is 10.3. The van der Waals surface area contributed by atoms with Crippen LogP contribution in [0.1, 0.15) is 36.2 Å². The molecule has 2 aromatic rings. The van der Waals surface area contributed by atoms with Crippen LogP contribution in [0.2, 0.25) is 0 Å². The van der Waals surface area contributed by atoms with Crippen LogP contribution in [0.4, 0.5) is 13.8 Å². The average molecular weight is 417 g/mol. The highest BCUT2D eigenvalue weighted by Gasteiger charge is 2.25. The van der Waals surface area contributed by atoms with Crippen molar-refractivity contribution < 1.29 is 13.6 Å². The summed E-state index contributed by atoms with van der Waals surface area (Å²) in [6.07, 6.45) is 5.75. The van der Waals surface area contributed by atoms with Gasteiger partial charge in [0.1, 0.15) is 21.6 Å². The van der Waals surface area contributed by atoms with Gasteiger partial charge in [-0.25, -0.2) is 13.8 Å². The third kappa shape index (κ3) is 4.20. The molecule has 2 aliphatic rings. The number of nitrogen functional groups attached to an aromatic ring is 1. The van der Waals surface area contributed by atoms with Crippen molar-refractivity contribution in [1.29, 1.82) is 0 Å². The van der Waals surface area contributed by atoms with Gasteiger partial charge in [-0.1, -0.05) is 17.4 Å². The summed E-state index contributed by atoms with van der Waals surface area (Å²) in [6, 6.07) is 3.55. The molecule has 6 nitrogen and oxygen atoms in total. The number of nitrogens with zero attached hydrogens (tertiary/aromatic N) is 2. The summed E-state index contributed by atoms with van der Waals surface area (Å²) < 4.78 is 28.0. The van der Waals surface area contributed by atoms with Crippen molar-refractivity contribution >= 4 is 28.0 Å². The Hall–Kier alpha value is -2.65. The Kier molecular flexibility index (Phi) is 5.68. The molecule has 4 rings (SSSR count). The summed E-state index contributed by atoms with van der Waals surface area (Å²) in [5.41, 5.74) is 7.10. The molecule has 1 amide bonds. The number of carbonyl (C=O) groups is 1. The van der Waals surface area contributed by atoms with E-state index >= 15 is 0 Å². The molecule has 4 N–H and O–H groups in total. The number of halogens is 2. The number of allylic oxidation sites excluding steroid dienone is 1. The van der Waals surface area contributed by atoms with Crippen LogP contribution in [0.5, 0.6) is 0 Å². The van der Waals surface area contributed by atoms with Crippen molar-refractivity contribution in [2.75, 3.05) is 18.8 Å². The van der Waals surface area contributed by atoms with Gasteiger partial charge in [0.25, 0.3) is 5.91 Å². The van der Waals surface area contributed by atoms with Crippen molar-refractivity contribution in [3.63, 3.8) is 0 Å². The number of hydrogen-bond acceptors (Lipinski definition) is 6. The van der Waals surface area contributed by atoms with Gasteiger partial charge < -0.3 is 16.4 Å². The van der Waals surface area contributed by atoms with E-state index in [1.165, 1.54) is 6.07 Å². The minimum atomic E-state index is -0.750. The quantitative estimate of drug-likeness (QED) is 0.695. The highest BCUT2D eigenvalue weighted by atomic mass is 32.1. The summed E-state index contributed by atoms with van der Waals surface area (Å²) in [4.78, 5) is 21.0. The van der Waals surface area contributed by atoms with Crippen LogP contribution in [-0.4, -0.2) is 29.7 Å². The molecule has 0 radical (unpaired) electrons. The first kappa shape index (κ1) is 19.7. The standard InChI is InChI=1S/C20H21F2N5OS/c21-12-4-1-5-13(22)16(12)20-27-17(18(23)29-20)19(28)26-15-10-25-14(15)9-11-3-2-7-24-8-6-11/h1,4-5,10-11,24H,2-3,6-9,23H2,(H,26,28). The number of aliphatic imine (C=N–C) groups is 1.